The van der Waals surface area contributed by atoms with Crippen molar-refractivity contribution in [2.75, 3.05) is 0 Å². The predicted molar refractivity (Wildman–Crippen MR) is 74.9 cm³/mol. The zero-order valence-electron chi connectivity index (χ0n) is 9.41. The molecule has 0 amide bonds. The monoisotopic (exact) mass is 306 g/mol. The van der Waals surface area contributed by atoms with E-state index in [1.54, 1.807) is 0 Å². The normalized spacial score (nSPS) is 9.53. The maximum absolute atomic E-state index is 5.83. The van der Waals surface area contributed by atoms with Gasteiger partial charge in [0.05, 0.1) is 0 Å². The molecule has 0 saturated carbocycles. The Balaban J connectivity index is 2.03. The first kappa shape index (κ1) is 12.3. The van der Waals surface area contributed by atoms with Crippen molar-refractivity contribution in [2.24, 2.45) is 0 Å². The average molecular weight is 306 g/mol. The molecule has 2 aromatic carbocycles. The van der Waals surface area contributed by atoms with Crippen LogP contribution in [0.15, 0.2) is 48.5 Å². The van der Waals surface area contributed by atoms with E-state index in [-0.39, 0.29) is 15.0 Å². The van der Waals surface area contributed by atoms with E-state index in [9.17, 15) is 0 Å². The topological polar surface area (TPSA) is 0 Å². The summed E-state index contributed by atoms with van der Waals surface area (Å²) in [6.07, 6.45) is 0. The molecule has 2 heteroatoms. The van der Waals surface area contributed by atoms with E-state index in [0.717, 1.165) is 10.6 Å². The van der Waals surface area contributed by atoms with E-state index in [2.05, 4.69) is 41.9 Å². The Hall–Kier alpha value is -1.19. The molecule has 84 valence electrons. The minimum atomic E-state index is 0.190. The Morgan fingerprint density at radius 1 is 0.941 bits per heavy atom. The molecule has 0 aliphatic heterocycles. The summed E-state index contributed by atoms with van der Waals surface area (Å²) in [5, 5.41) is 0.774. The Bertz CT molecular complexity index is 544. The van der Waals surface area contributed by atoms with Gasteiger partial charge in [-0.2, -0.15) is 0 Å². The van der Waals surface area contributed by atoms with Crippen molar-refractivity contribution in [1.29, 1.82) is 0 Å². The molecule has 0 nitrogen and oxygen atoms in total. The summed E-state index contributed by atoms with van der Waals surface area (Å²) in [5.74, 6) is 3.18. The van der Waals surface area contributed by atoms with Crippen molar-refractivity contribution in [1.82, 2.24) is 0 Å². The predicted octanol–water partition coefficient (Wildman–Crippen LogP) is 2.99. The molecule has 0 radical (unpaired) electrons. The summed E-state index contributed by atoms with van der Waals surface area (Å²) >= 11 is 6.02. The van der Waals surface area contributed by atoms with Crippen LogP contribution in [0, 0.1) is 17.7 Å². The summed E-state index contributed by atoms with van der Waals surface area (Å²) < 4.78 is 1.25. The third kappa shape index (κ3) is 3.95. The van der Waals surface area contributed by atoms with Gasteiger partial charge in [0.1, 0.15) is 0 Å². The SMILES string of the molecule is Cc1ccc(C#C[Se]c2ccc(Cl)cc2)cc1. The van der Waals surface area contributed by atoms with Crippen LogP contribution in [-0.2, 0) is 0 Å². The van der Waals surface area contributed by atoms with E-state index in [0.29, 0.717) is 0 Å². The van der Waals surface area contributed by atoms with Crippen LogP contribution in [0.25, 0.3) is 0 Å². The van der Waals surface area contributed by atoms with Gasteiger partial charge in [0.15, 0.2) is 0 Å². The molecule has 0 heterocycles. The average Bonchev–Trinajstić information content (AvgIpc) is 2.34. The van der Waals surface area contributed by atoms with Gasteiger partial charge in [0, 0.05) is 0 Å². The standard InChI is InChI=1S/C15H11ClSe/c1-12-2-4-13(5-3-12)10-11-17-15-8-6-14(16)7-9-15/h2-9H,1H3. The molecule has 0 N–H and O–H groups in total. The number of hydrogen-bond acceptors (Lipinski definition) is 0. The van der Waals surface area contributed by atoms with E-state index in [4.69, 9.17) is 11.6 Å². The Kier molecular flexibility index (Phi) is 4.29. The van der Waals surface area contributed by atoms with E-state index in [1.165, 1.54) is 10.0 Å². The van der Waals surface area contributed by atoms with Crippen LogP contribution >= 0.6 is 11.6 Å². The number of benzene rings is 2. The van der Waals surface area contributed by atoms with Crippen molar-refractivity contribution < 1.29 is 0 Å². The number of aryl methyl sites for hydroxylation is 1. The molecule has 0 bridgehead atoms. The van der Waals surface area contributed by atoms with Gasteiger partial charge in [-0.3, -0.25) is 0 Å². The van der Waals surface area contributed by atoms with Crippen LogP contribution in [0.5, 0.6) is 0 Å². The second-order valence-corrected chi connectivity index (χ2v) is 5.93. The fourth-order valence-electron chi connectivity index (χ4n) is 1.28. The molecule has 2 aromatic rings. The minimum absolute atomic E-state index is 0.190. The Morgan fingerprint density at radius 3 is 2.24 bits per heavy atom. The van der Waals surface area contributed by atoms with Gasteiger partial charge in [0.2, 0.25) is 0 Å². The van der Waals surface area contributed by atoms with Gasteiger partial charge in [0.25, 0.3) is 0 Å². The summed E-state index contributed by atoms with van der Waals surface area (Å²) in [6.45, 7) is 2.08. The van der Waals surface area contributed by atoms with Crippen LogP contribution in [-0.4, -0.2) is 15.0 Å². The van der Waals surface area contributed by atoms with Gasteiger partial charge < -0.3 is 0 Å². The molecule has 0 aliphatic carbocycles. The van der Waals surface area contributed by atoms with Crippen molar-refractivity contribution in [3.05, 3.63) is 64.7 Å². The van der Waals surface area contributed by atoms with Gasteiger partial charge in [-0.15, -0.1) is 0 Å². The third-order valence-corrected chi connectivity index (χ3v) is 3.98. The van der Waals surface area contributed by atoms with E-state index in [1.807, 2.05) is 24.3 Å². The molecule has 0 aromatic heterocycles. The number of hydrogen-bond donors (Lipinski definition) is 0. The van der Waals surface area contributed by atoms with Gasteiger partial charge in [-0.1, -0.05) is 0 Å². The first-order chi connectivity index (χ1) is 8.24. The first-order valence-corrected chi connectivity index (χ1v) is 7.33. The number of rotatable bonds is 1. The van der Waals surface area contributed by atoms with Crippen molar-refractivity contribution in [3.8, 4) is 10.7 Å². The van der Waals surface area contributed by atoms with Gasteiger partial charge in [-0.05, 0) is 0 Å². The molecular formula is C15H11ClSe. The molecular weight excluding hydrogens is 295 g/mol. The van der Waals surface area contributed by atoms with Crippen molar-refractivity contribution in [3.63, 3.8) is 0 Å². The molecule has 0 fully saturated rings. The Labute approximate surface area is 113 Å². The van der Waals surface area contributed by atoms with E-state index >= 15 is 0 Å². The fourth-order valence-corrected chi connectivity index (χ4v) is 2.58. The summed E-state index contributed by atoms with van der Waals surface area (Å²) in [6, 6.07) is 16.2. The number of halogens is 1. The van der Waals surface area contributed by atoms with Crippen LogP contribution in [0.1, 0.15) is 11.1 Å². The Morgan fingerprint density at radius 2 is 1.59 bits per heavy atom. The van der Waals surface area contributed by atoms with Crippen LogP contribution in [0.2, 0.25) is 5.02 Å². The molecule has 0 spiro atoms. The quantitative estimate of drug-likeness (QED) is 0.561. The second kappa shape index (κ2) is 5.94. The zero-order chi connectivity index (χ0) is 12.1. The molecule has 0 saturated heterocycles. The van der Waals surface area contributed by atoms with Crippen molar-refractivity contribution >= 4 is 31.0 Å². The van der Waals surface area contributed by atoms with Gasteiger partial charge in [-0.25, -0.2) is 0 Å². The fraction of sp³-hybridized carbons (Fsp3) is 0.0667. The summed E-state index contributed by atoms with van der Waals surface area (Å²) in [4.78, 5) is 3.23. The first-order valence-electron chi connectivity index (χ1n) is 5.24. The van der Waals surface area contributed by atoms with Gasteiger partial charge >= 0.3 is 113 Å². The maximum atomic E-state index is 5.83. The second-order valence-electron chi connectivity index (χ2n) is 3.65. The van der Waals surface area contributed by atoms with Crippen LogP contribution in [0.4, 0.5) is 0 Å². The van der Waals surface area contributed by atoms with Crippen LogP contribution in [0.3, 0.4) is 0 Å². The van der Waals surface area contributed by atoms with E-state index < -0.39 is 0 Å². The van der Waals surface area contributed by atoms with Crippen molar-refractivity contribution in [2.45, 2.75) is 6.92 Å². The summed E-state index contributed by atoms with van der Waals surface area (Å²) in [7, 11) is 0. The zero-order valence-corrected chi connectivity index (χ0v) is 11.9. The molecule has 0 atom stereocenters. The molecule has 17 heavy (non-hydrogen) atoms. The molecule has 0 aliphatic rings. The molecule has 0 unspecified atom stereocenters. The van der Waals surface area contributed by atoms with Crippen LogP contribution < -0.4 is 4.46 Å². The summed E-state index contributed by atoms with van der Waals surface area (Å²) in [5.41, 5.74) is 2.34. The third-order valence-electron chi connectivity index (χ3n) is 2.23. The molecule has 2 rings (SSSR count).